The van der Waals surface area contributed by atoms with Crippen molar-refractivity contribution in [3.05, 3.63) is 41.7 Å². The van der Waals surface area contributed by atoms with E-state index in [9.17, 15) is 24.9 Å². The number of phenolic OH excluding ortho intramolecular Hbond substituents is 1. The summed E-state index contributed by atoms with van der Waals surface area (Å²) in [6.07, 6.45) is 0.212. The van der Waals surface area contributed by atoms with Gasteiger partial charge < -0.3 is 39.0 Å². The van der Waals surface area contributed by atoms with Gasteiger partial charge >= 0.3 is 11.9 Å². The lowest BCUT2D eigenvalue weighted by molar-refractivity contribution is -0.371. The standard InChI is InChI=1S/C31H44O10/c1-18(10-11-23(37-6)20-8-7-9-21(33)12-20)28-19(2)24-15-31(41-28)29(3,4)17-30(5,36)25(40-31)14-27(35)38-22(16-32)13-26(34)39-24/h7-9,12,14,18-19,22-24,28,32-33,36H,10-11,13,15-17H2,1-6H3/b25-14-/t18-,19-,22+,23-,24-,28+,30?,31+/m0/s1. The van der Waals surface area contributed by atoms with Crippen molar-refractivity contribution in [1.82, 2.24) is 0 Å². The highest BCUT2D eigenvalue weighted by atomic mass is 16.7. The number of aliphatic hydroxyl groups excluding tert-OH is 1. The fourth-order valence-corrected chi connectivity index (χ4v) is 6.59. The average molecular weight is 577 g/mol. The van der Waals surface area contributed by atoms with Crippen LogP contribution in [-0.2, 0) is 33.3 Å². The lowest BCUT2D eigenvalue weighted by Gasteiger charge is -2.59. The molecule has 1 aromatic carbocycles. The third kappa shape index (κ3) is 6.56. The monoisotopic (exact) mass is 576 g/mol. The van der Waals surface area contributed by atoms with E-state index < -0.39 is 53.7 Å². The molecule has 41 heavy (non-hydrogen) atoms. The van der Waals surface area contributed by atoms with Crippen molar-refractivity contribution in [3.8, 4) is 5.75 Å². The number of aromatic hydroxyl groups is 1. The lowest BCUT2D eigenvalue weighted by atomic mass is 9.66. The first-order chi connectivity index (χ1) is 19.2. The molecule has 10 nitrogen and oxygen atoms in total. The molecule has 0 amide bonds. The van der Waals surface area contributed by atoms with Crippen molar-refractivity contribution in [2.24, 2.45) is 17.3 Å². The number of rotatable bonds is 7. The van der Waals surface area contributed by atoms with E-state index in [-0.39, 0.29) is 48.7 Å². The largest absolute Gasteiger partial charge is 0.508 e. The van der Waals surface area contributed by atoms with Crippen LogP contribution in [0.2, 0.25) is 0 Å². The first-order valence-corrected chi connectivity index (χ1v) is 14.3. The van der Waals surface area contributed by atoms with Gasteiger partial charge in [-0.3, -0.25) is 4.79 Å². The molecule has 3 aliphatic heterocycles. The highest BCUT2D eigenvalue weighted by Crippen LogP contribution is 2.56. The Hall–Kier alpha value is -2.66. The molecule has 0 radical (unpaired) electrons. The van der Waals surface area contributed by atoms with E-state index in [2.05, 4.69) is 6.92 Å². The van der Waals surface area contributed by atoms with E-state index in [1.54, 1.807) is 32.2 Å². The third-order valence-electron chi connectivity index (χ3n) is 8.91. The van der Waals surface area contributed by atoms with Gasteiger partial charge in [0.2, 0.25) is 5.79 Å². The summed E-state index contributed by atoms with van der Waals surface area (Å²) in [6, 6.07) is 7.00. The molecule has 1 aromatic rings. The minimum Gasteiger partial charge on any atom is -0.508 e. The van der Waals surface area contributed by atoms with Gasteiger partial charge in [-0.25, -0.2) is 4.79 Å². The summed E-state index contributed by atoms with van der Waals surface area (Å²) in [5.74, 6) is -2.81. The maximum Gasteiger partial charge on any atom is 0.334 e. The van der Waals surface area contributed by atoms with Gasteiger partial charge in [0.25, 0.3) is 0 Å². The first-order valence-electron chi connectivity index (χ1n) is 14.3. The first kappa shape index (κ1) is 31.3. The second kappa shape index (κ2) is 11.9. The molecule has 2 saturated heterocycles. The van der Waals surface area contributed by atoms with Crippen LogP contribution in [0.1, 0.15) is 78.4 Å². The van der Waals surface area contributed by atoms with E-state index in [0.29, 0.717) is 12.8 Å². The summed E-state index contributed by atoms with van der Waals surface area (Å²) in [5, 5.41) is 31.0. The van der Waals surface area contributed by atoms with Gasteiger partial charge in [-0.1, -0.05) is 39.8 Å². The molecule has 2 fully saturated rings. The molecule has 10 heteroatoms. The van der Waals surface area contributed by atoms with Gasteiger partial charge in [0, 0.05) is 18.4 Å². The summed E-state index contributed by atoms with van der Waals surface area (Å²) < 4.78 is 30.3. The van der Waals surface area contributed by atoms with Gasteiger partial charge in [-0.2, -0.15) is 0 Å². The van der Waals surface area contributed by atoms with Crippen molar-refractivity contribution >= 4 is 11.9 Å². The minimum absolute atomic E-state index is 0.00783. The van der Waals surface area contributed by atoms with Crippen molar-refractivity contribution in [2.45, 2.75) is 103 Å². The molecule has 3 bridgehead atoms. The number of aliphatic hydroxyl groups is 2. The van der Waals surface area contributed by atoms with Crippen molar-refractivity contribution in [1.29, 1.82) is 0 Å². The summed E-state index contributed by atoms with van der Waals surface area (Å²) in [4.78, 5) is 25.7. The summed E-state index contributed by atoms with van der Waals surface area (Å²) in [6.45, 7) is 8.94. The molecule has 8 atom stereocenters. The predicted octanol–water partition coefficient (Wildman–Crippen LogP) is 3.92. The Morgan fingerprint density at radius 3 is 2.54 bits per heavy atom. The molecule has 0 aliphatic carbocycles. The Kier molecular flexibility index (Phi) is 9.09. The molecule has 228 valence electrons. The van der Waals surface area contributed by atoms with Crippen LogP contribution in [0.15, 0.2) is 36.1 Å². The molecule has 0 saturated carbocycles. The molecule has 0 aromatic heterocycles. The molecular weight excluding hydrogens is 532 g/mol. The number of benzene rings is 1. The number of carbonyl (C=O) groups is 2. The SMILES string of the molecule is CO[C@@H](CC[C@H](C)[C@H]1O[C@@]23C[C@H](OC(=O)C[C@H](CO)OC(=O)/C=C(\O2)C(C)(O)CC3(C)C)[C@@H]1C)c1cccc(O)c1. The molecule has 1 spiro atoms. The molecular formula is C31H44O10. The van der Waals surface area contributed by atoms with Gasteiger partial charge in [0.05, 0.1) is 37.7 Å². The Bertz CT molecular complexity index is 1140. The Labute approximate surface area is 241 Å². The van der Waals surface area contributed by atoms with Gasteiger partial charge in [0.15, 0.2) is 0 Å². The fourth-order valence-electron chi connectivity index (χ4n) is 6.59. The van der Waals surface area contributed by atoms with Crippen LogP contribution in [0.5, 0.6) is 5.75 Å². The zero-order valence-corrected chi connectivity index (χ0v) is 24.8. The number of hydrogen-bond acceptors (Lipinski definition) is 10. The van der Waals surface area contributed by atoms with E-state index in [1.165, 1.54) is 0 Å². The second-order valence-electron chi connectivity index (χ2n) is 12.7. The molecule has 3 heterocycles. The zero-order valence-electron chi connectivity index (χ0n) is 24.8. The van der Waals surface area contributed by atoms with Gasteiger partial charge in [-0.15, -0.1) is 0 Å². The van der Waals surface area contributed by atoms with Gasteiger partial charge in [0.1, 0.15) is 29.3 Å². The second-order valence-corrected chi connectivity index (χ2v) is 12.7. The molecule has 4 rings (SSSR count). The highest BCUT2D eigenvalue weighted by Gasteiger charge is 2.63. The summed E-state index contributed by atoms with van der Waals surface area (Å²) >= 11 is 0. The van der Waals surface area contributed by atoms with E-state index in [1.807, 2.05) is 26.8 Å². The Morgan fingerprint density at radius 2 is 1.88 bits per heavy atom. The van der Waals surface area contributed by atoms with E-state index in [4.69, 9.17) is 23.7 Å². The number of cyclic esters (lactones) is 1. The van der Waals surface area contributed by atoms with Crippen molar-refractivity contribution in [3.63, 3.8) is 0 Å². The smallest absolute Gasteiger partial charge is 0.334 e. The maximum atomic E-state index is 13.0. The van der Waals surface area contributed by atoms with Crippen LogP contribution in [0.25, 0.3) is 0 Å². The molecule has 3 aliphatic rings. The number of esters is 2. The van der Waals surface area contributed by atoms with Crippen molar-refractivity contribution < 1.29 is 48.6 Å². The summed E-state index contributed by atoms with van der Waals surface area (Å²) in [5.41, 5.74) is -1.36. The van der Waals surface area contributed by atoms with Crippen LogP contribution >= 0.6 is 0 Å². The van der Waals surface area contributed by atoms with Crippen LogP contribution in [0, 0.1) is 17.3 Å². The topological polar surface area (TPSA) is 141 Å². The quantitative estimate of drug-likeness (QED) is 0.409. The highest BCUT2D eigenvalue weighted by molar-refractivity contribution is 5.83. The Balaban J connectivity index is 1.67. The minimum atomic E-state index is -1.49. The maximum absolute atomic E-state index is 13.0. The van der Waals surface area contributed by atoms with Gasteiger partial charge in [-0.05, 0) is 49.8 Å². The summed E-state index contributed by atoms with van der Waals surface area (Å²) in [7, 11) is 1.64. The number of methoxy groups -OCH3 is 1. The van der Waals surface area contributed by atoms with E-state index in [0.717, 1.165) is 11.6 Å². The molecule has 1 unspecified atom stereocenters. The molecule has 3 N–H and O–H groups in total. The normalized spacial score (nSPS) is 36.2. The van der Waals surface area contributed by atoms with Crippen LogP contribution in [0.4, 0.5) is 0 Å². The number of fused-ring (bicyclic) bond motifs is 2. The number of ether oxygens (including phenoxy) is 5. The fraction of sp³-hybridized carbons (Fsp3) is 0.677. The lowest BCUT2D eigenvalue weighted by Crippen LogP contribution is -2.65. The number of phenols is 1. The Morgan fingerprint density at radius 1 is 1.15 bits per heavy atom. The number of carbonyl (C=O) groups excluding carboxylic acids is 2. The van der Waals surface area contributed by atoms with E-state index >= 15 is 0 Å². The van der Waals surface area contributed by atoms with Crippen LogP contribution in [0.3, 0.4) is 0 Å². The van der Waals surface area contributed by atoms with Crippen molar-refractivity contribution in [2.75, 3.05) is 13.7 Å². The predicted molar refractivity (Wildman–Crippen MR) is 147 cm³/mol. The van der Waals surface area contributed by atoms with Crippen LogP contribution < -0.4 is 0 Å². The van der Waals surface area contributed by atoms with Crippen LogP contribution in [-0.4, -0.2) is 70.7 Å². The zero-order chi connectivity index (χ0) is 30.2. The third-order valence-corrected chi connectivity index (χ3v) is 8.91. The number of hydrogen-bond donors (Lipinski definition) is 3. The average Bonchev–Trinajstić information content (AvgIpc) is 2.88.